The summed E-state index contributed by atoms with van der Waals surface area (Å²) in [6, 6.07) is 17.7. The molecule has 1 aliphatic rings. The first kappa shape index (κ1) is 20.0. The fraction of sp³-hybridized carbons (Fsp3) is 0.240. The molecule has 3 heterocycles. The van der Waals surface area contributed by atoms with E-state index in [4.69, 9.17) is 4.74 Å². The highest BCUT2D eigenvalue weighted by Crippen LogP contribution is 2.36. The summed E-state index contributed by atoms with van der Waals surface area (Å²) in [4.78, 5) is 16.0. The monoisotopic (exact) mass is 457 g/mol. The van der Waals surface area contributed by atoms with Crippen molar-refractivity contribution in [2.45, 2.75) is 32.2 Å². The molecule has 5 aromatic rings. The summed E-state index contributed by atoms with van der Waals surface area (Å²) < 4.78 is 9.03. The molecule has 6 rings (SSSR count). The Morgan fingerprint density at radius 3 is 2.61 bits per heavy atom. The molecule has 0 aliphatic heterocycles. The van der Waals surface area contributed by atoms with E-state index in [-0.39, 0.29) is 5.56 Å². The van der Waals surface area contributed by atoms with Gasteiger partial charge in [0.25, 0.3) is 5.56 Å². The predicted molar refractivity (Wildman–Crippen MR) is 131 cm³/mol. The number of methoxy groups -OCH3 is 1. The molecule has 33 heavy (non-hydrogen) atoms. The lowest BCUT2D eigenvalue weighted by atomic mass is 9.97. The van der Waals surface area contributed by atoms with Crippen LogP contribution in [-0.4, -0.2) is 26.3 Å². The van der Waals surface area contributed by atoms with Gasteiger partial charge < -0.3 is 10.1 Å². The highest BCUT2D eigenvalue weighted by Gasteiger charge is 2.25. The number of aromatic nitrogens is 4. The van der Waals surface area contributed by atoms with E-state index in [0.29, 0.717) is 18.3 Å². The maximum absolute atomic E-state index is 13.8. The molecular formula is C25H23N5O2S. The highest BCUT2D eigenvalue weighted by atomic mass is 32.1. The van der Waals surface area contributed by atoms with Crippen molar-refractivity contribution in [2.75, 3.05) is 12.4 Å². The molecule has 0 radical (unpaired) electrons. The minimum Gasteiger partial charge on any atom is -0.497 e. The van der Waals surface area contributed by atoms with Crippen LogP contribution in [0, 0.1) is 0 Å². The van der Waals surface area contributed by atoms with E-state index < -0.39 is 0 Å². The van der Waals surface area contributed by atoms with Crippen molar-refractivity contribution in [3.05, 3.63) is 81.0 Å². The van der Waals surface area contributed by atoms with Gasteiger partial charge >= 0.3 is 0 Å². The zero-order valence-electron chi connectivity index (χ0n) is 18.2. The third kappa shape index (κ3) is 3.38. The Hall–Kier alpha value is -3.65. The zero-order chi connectivity index (χ0) is 22.4. The maximum Gasteiger partial charge on any atom is 0.264 e. The van der Waals surface area contributed by atoms with E-state index in [1.807, 2.05) is 59.0 Å². The van der Waals surface area contributed by atoms with Crippen LogP contribution >= 0.6 is 11.3 Å². The number of hydrogen-bond donors (Lipinski definition) is 1. The van der Waals surface area contributed by atoms with Gasteiger partial charge in [0.2, 0.25) is 11.7 Å². The summed E-state index contributed by atoms with van der Waals surface area (Å²) in [7, 11) is 1.65. The lowest BCUT2D eigenvalue weighted by Crippen LogP contribution is -2.24. The molecule has 7 nitrogen and oxygen atoms in total. The topological polar surface area (TPSA) is 73.4 Å². The van der Waals surface area contributed by atoms with Crippen LogP contribution in [0.4, 0.5) is 11.6 Å². The summed E-state index contributed by atoms with van der Waals surface area (Å²) in [5.41, 5.74) is 3.15. The maximum atomic E-state index is 13.8. The molecule has 3 aromatic heterocycles. The van der Waals surface area contributed by atoms with Gasteiger partial charge in [-0.05, 0) is 61.1 Å². The lowest BCUT2D eigenvalue weighted by molar-refractivity contribution is 0.415. The molecular weight excluding hydrogens is 434 g/mol. The molecule has 1 aliphatic carbocycles. The number of rotatable bonds is 5. The number of nitrogens with one attached hydrogen (secondary N) is 1. The minimum atomic E-state index is 0.0177. The van der Waals surface area contributed by atoms with Crippen LogP contribution in [0.5, 0.6) is 5.75 Å². The van der Waals surface area contributed by atoms with E-state index in [2.05, 4.69) is 15.5 Å². The van der Waals surface area contributed by atoms with Gasteiger partial charge in [0.1, 0.15) is 10.6 Å². The number of fused-ring (bicyclic) bond motifs is 5. The van der Waals surface area contributed by atoms with Crippen LogP contribution in [-0.2, 0) is 19.4 Å². The van der Waals surface area contributed by atoms with Crippen molar-refractivity contribution in [3.8, 4) is 5.75 Å². The van der Waals surface area contributed by atoms with E-state index >= 15 is 0 Å². The van der Waals surface area contributed by atoms with Crippen LogP contribution in [0.25, 0.3) is 16.0 Å². The smallest absolute Gasteiger partial charge is 0.264 e. The average Bonchev–Trinajstić information content (AvgIpc) is 3.44. The summed E-state index contributed by atoms with van der Waals surface area (Å²) in [5, 5.41) is 13.1. The number of thiophene rings is 1. The van der Waals surface area contributed by atoms with Gasteiger partial charge in [-0.25, -0.2) is 4.40 Å². The quantitative estimate of drug-likeness (QED) is 0.411. The molecule has 0 amide bonds. The van der Waals surface area contributed by atoms with Crippen molar-refractivity contribution in [2.24, 2.45) is 0 Å². The first-order chi connectivity index (χ1) is 16.2. The molecule has 0 saturated carbocycles. The number of benzene rings is 2. The number of ether oxygens (including phenoxy) is 1. The molecule has 8 heteroatoms. The fourth-order valence-electron chi connectivity index (χ4n) is 4.59. The summed E-state index contributed by atoms with van der Waals surface area (Å²) >= 11 is 1.70. The molecule has 0 unspecified atom stereocenters. The number of aryl methyl sites for hydroxylation is 2. The number of nitrogens with zero attached hydrogens (tertiary/aromatic N) is 4. The highest BCUT2D eigenvalue weighted by molar-refractivity contribution is 7.19. The largest absolute Gasteiger partial charge is 0.497 e. The van der Waals surface area contributed by atoms with Gasteiger partial charge in [0.05, 0.1) is 19.0 Å². The Morgan fingerprint density at radius 2 is 1.82 bits per heavy atom. The van der Waals surface area contributed by atoms with E-state index in [1.165, 1.54) is 16.9 Å². The molecule has 0 spiro atoms. The second-order valence-corrected chi connectivity index (χ2v) is 9.36. The Bertz CT molecular complexity index is 1520. The summed E-state index contributed by atoms with van der Waals surface area (Å²) in [5.74, 6) is 1.93. The van der Waals surface area contributed by atoms with E-state index in [1.54, 1.807) is 23.0 Å². The van der Waals surface area contributed by atoms with Crippen molar-refractivity contribution >= 4 is 39.0 Å². The SMILES string of the molecule is COc1ccc(Nc2nnc3n(Cc4ccccc4)c(=O)c4c5c(sc4n23)CCCC5)cc1. The van der Waals surface area contributed by atoms with E-state index in [9.17, 15) is 4.79 Å². The normalized spacial score (nSPS) is 13.4. The van der Waals surface area contributed by atoms with Gasteiger partial charge in [0, 0.05) is 10.6 Å². The second kappa shape index (κ2) is 8.04. The van der Waals surface area contributed by atoms with Gasteiger partial charge in [-0.3, -0.25) is 9.36 Å². The lowest BCUT2D eigenvalue weighted by Gasteiger charge is -2.12. The molecule has 1 N–H and O–H groups in total. The van der Waals surface area contributed by atoms with Crippen molar-refractivity contribution in [1.29, 1.82) is 0 Å². The number of anilines is 2. The first-order valence-electron chi connectivity index (χ1n) is 11.1. The number of hydrogen-bond acceptors (Lipinski definition) is 6. The summed E-state index contributed by atoms with van der Waals surface area (Å²) in [6.07, 6.45) is 4.26. The predicted octanol–water partition coefficient (Wildman–Crippen LogP) is 4.79. The Labute approximate surface area is 194 Å². The molecule has 2 aromatic carbocycles. The van der Waals surface area contributed by atoms with E-state index in [0.717, 1.165) is 46.5 Å². The van der Waals surface area contributed by atoms with Crippen LogP contribution < -0.4 is 15.6 Å². The van der Waals surface area contributed by atoms with Gasteiger partial charge in [-0.1, -0.05) is 30.3 Å². The average molecular weight is 458 g/mol. The molecule has 0 fully saturated rings. The second-order valence-electron chi connectivity index (χ2n) is 8.28. The fourth-order valence-corrected chi connectivity index (χ4v) is 5.97. The van der Waals surface area contributed by atoms with Crippen LogP contribution in [0.15, 0.2) is 59.4 Å². The molecule has 166 valence electrons. The molecule has 0 atom stereocenters. The minimum absolute atomic E-state index is 0.0177. The Morgan fingerprint density at radius 1 is 1.03 bits per heavy atom. The summed E-state index contributed by atoms with van der Waals surface area (Å²) in [6.45, 7) is 0.449. The van der Waals surface area contributed by atoms with Crippen molar-refractivity contribution in [1.82, 2.24) is 19.2 Å². The van der Waals surface area contributed by atoms with Gasteiger partial charge in [-0.15, -0.1) is 21.5 Å². The third-order valence-corrected chi connectivity index (χ3v) is 7.51. The molecule has 0 bridgehead atoms. The third-order valence-electron chi connectivity index (χ3n) is 6.23. The zero-order valence-corrected chi connectivity index (χ0v) is 19.1. The van der Waals surface area contributed by atoms with Crippen LogP contribution in [0.2, 0.25) is 0 Å². The first-order valence-corrected chi connectivity index (χ1v) is 11.9. The van der Waals surface area contributed by atoms with Gasteiger partial charge in [-0.2, -0.15) is 0 Å². The van der Waals surface area contributed by atoms with Crippen LogP contribution in [0.1, 0.15) is 28.8 Å². The van der Waals surface area contributed by atoms with Gasteiger partial charge in [0.15, 0.2) is 0 Å². The molecule has 0 saturated heterocycles. The van der Waals surface area contributed by atoms with Crippen molar-refractivity contribution < 1.29 is 4.74 Å². The van der Waals surface area contributed by atoms with Crippen molar-refractivity contribution in [3.63, 3.8) is 0 Å². The van der Waals surface area contributed by atoms with Crippen LogP contribution in [0.3, 0.4) is 0 Å². The Kier molecular flexibility index (Phi) is 4.87. The standard InChI is InChI=1S/C25H23N5O2S/c1-32-18-13-11-17(12-14-18)26-24-27-28-25-29(15-16-7-3-2-4-8-16)22(31)21-19-9-5-6-10-20(19)33-23(21)30(24)25/h2-4,7-8,11-14H,5-6,9-10,15H2,1H3,(H,26,27). The Balaban J connectivity index is 1.57.